The van der Waals surface area contributed by atoms with E-state index < -0.39 is 0 Å². The maximum atomic E-state index is 6.72. The summed E-state index contributed by atoms with van der Waals surface area (Å²) in [7, 11) is 0. The van der Waals surface area contributed by atoms with Crippen LogP contribution in [0.25, 0.3) is 5.65 Å². The lowest BCUT2D eigenvalue weighted by atomic mass is 9.93. The number of pyridine rings is 2. The van der Waals surface area contributed by atoms with Gasteiger partial charge in [-0.2, -0.15) is 0 Å². The second-order valence-electron chi connectivity index (χ2n) is 7.49. The lowest BCUT2D eigenvalue weighted by Gasteiger charge is -2.33. The van der Waals surface area contributed by atoms with E-state index in [9.17, 15) is 0 Å². The first kappa shape index (κ1) is 16.1. The Labute approximate surface area is 158 Å². The summed E-state index contributed by atoms with van der Waals surface area (Å²) in [5, 5.41) is 9.46. The molecule has 1 saturated heterocycles. The van der Waals surface area contributed by atoms with E-state index in [1.54, 1.807) is 0 Å². The molecule has 2 aliphatic rings. The van der Waals surface area contributed by atoms with Gasteiger partial charge < -0.3 is 4.90 Å². The molecule has 0 amide bonds. The first-order valence-corrected chi connectivity index (χ1v) is 9.85. The Morgan fingerprint density at radius 1 is 1.04 bits per heavy atom. The van der Waals surface area contributed by atoms with E-state index in [-0.39, 0.29) is 0 Å². The minimum Gasteiger partial charge on any atom is -0.370 e. The molecule has 26 heavy (non-hydrogen) atoms. The van der Waals surface area contributed by atoms with Gasteiger partial charge in [0.15, 0.2) is 5.65 Å². The van der Waals surface area contributed by atoms with Gasteiger partial charge in [-0.15, -0.1) is 10.2 Å². The summed E-state index contributed by atoms with van der Waals surface area (Å²) in [6.07, 6.45) is 9.79. The minimum atomic E-state index is 0.535. The summed E-state index contributed by atoms with van der Waals surface area (Å²) >= 11 is 6.72. The zero-order chi connectivity index (χ0) is 17.5. The highest BCUT2D eigenvalue weighted by molar-refractivity contribution is 6.36. The van der Waals surface area contributed by atoms with Gasteiger partial charge >= 0.3 is 0 Å². The van der Waals surface area contributed by atoms with Crippen LogP contribution in [-0.4, -0.2) is 32.7 Å². The number of hydrogen-bond acceptors (Lipinski definition) is 4. The lowest BCUT2D eigenvalue weighted by molar-refractivity contribution is 0.496. The van der Waals surface area contributed by atoms with Gasteiger partial charge in [0, 0.05) is 43.5 Å². The Morgan fingerprint density at radius 2 is 1.88 bits per heavy atom. The quantitative estimate of drug-likeness (QED) is 0.696. The number of hydrogen-bond donors (Lipinski definition) is 0. The molecule has 3 aromatic rings. The molecule has 1 saturated carbocycles. The first-order chi connectivity index (χ1) is 12.8. The third kappa shape index (κ3) is 2.94. The SMILES string of the molecule is Clc1c(N2CCC(c3ccccn3)CC2)ccn2c(CC3CC3)nnc12. The predicted octanol–water partition coefficient (Wildman–Crippen LogP) is 4.11. The van der Waals surface area contributed by atoms with Crippen molar-refractivity contribution in [1.82, 2.24) is 19.6 Å². The van der Waals surface area contributed by atoms with Crippen LogP contribution in [0.4, 0.5) is 5.69 Å². The normalized spacial score (nSPS) is 18.6. The first-order valence-electron chi connectivity index (χ1n) is 9.47. The Bertz CT molecular complexity index is 911. The van der Waals surface area contributed by atoms with Gasteiger partial charge in [-0.25, -0.2) is 0 Å². The van der Waals surface area contributed by atoms with Crippen LogP contribution in [-0.2, 0) is 6.42 Å². The largest absolute Gasteiger partial charge is 0.370 e. The smallest absolute Gasteiger partial charge is 0.181 e. The van der Waals surface area contributed by atoms with Crippen molar-refractivity contribution in [3.63, 3.8) is 0 Å². The number of rotatable bonds is 4. The molecule has 1 aliphatic heterocycles. The van der Waals surface area contributed by atoms with Gasteiger partial charge in [-0.3, -0.25) is 9.38 Å². The molecule has 0 atom stereocenters. The number of piperidine rings is 1. The second kappa shape index (κ2) is 6.54. The molecule has 2 fully saturated rings. The van der Waals surface area contributed by atoms with E-state index in [0.717, 1.165) is 60.5 Å². The van der Waals surface area contributed by atoms with E-state index in [0.29, 0.717) is 5.92 Å². The van der Waals surface area contributed by atoms with Crippen molar-refractivity contribution >= 4 is 22.9 Å². The second-order valence-corrected chi connectivity index (χ2v) is 7.87. The molecule has 1 aliphatic carbocycles. The van der Waals surface area contributed by atoms with Gasteiger partial charge in [0.25, 0.3) is 0 Å². The Morgan fingerprint density at radius 3 is 2.62 bits per heavy atom. The topological polar surface area (TPSA) is 46.3 Å². The average molecular weight is 368 g/mol. The Kier molecular flexibility index (Phi) is 4.04. The van der Waals surface area contributed by atoms with Crippen molar-refractivity contribution in [3.8, 4) is 0 Å². The number of halogens is 1. The molecule has 0 aromatic carbocycles. The molecule has 0 bridgehead atoms. The maximum Gasteiger partial charge on any atom is 0.181 e. The third-order valence-corrected chi connectivity index (χ3v) is 6.04. The van der Waals surface area contributed by atoms with Crippen molar-refractivity contribution in [1.29, 1.82) is 0 Å². The highest BCUT2D eigenvalue weighted by Gasteiger charge is 2.26. The van der Waals surface area contributed by atoms with E-state index in [2.05, 4.69) is 48.9 Å². The zero-order valence-corrected chi connectivity index (χ0v) is 15.4. The summed E-state index contributed by atoms with van der Waals surface area (Å²) in [5.74, 6) is 2.35. The molecule has 5 nitrogen and oxygen atoms in total. The van der Waals surface area contributed by atoms with Gasteiger partial charge in [0.2, 0.25) is 0 Å². The van der Waals surface area contributed by atoms with E-state index in [4.69, 9.17) is 11.6 Å². The van der Waals surface area contributed by atoms with E-state index in [1.165, 1.54) is 18.5 Å². The monoisotopic (exact) mass is 367 g/mol. The van der Waals surface area contributed by atoms with Gasteiger partial charge in [-0.1, -0.05) is 17.7 Å². The standard InChI is InChI=1S/C20H22ClN5/c21-19-17(8-12-26-18(13-14-4-5-14)23-24-20(19)26)25-10-6-15(7-11-25)16-3-1-2-9-22-16/h1-3,8-9,12,14-15H,4-7,10-11,13H2. The van der Waals surface area contributed by atoms with Crippen molar-refractivity contribution < 1.29 is 0 Å². The predicted molar refractivity (Wildman–Crippen MR) is 103 cm³/mol. The van der Waals surface area contributed by atoms with Crippen LogP contribution >= 0.6 is 11.6 Å². The molecular weight excluding hydrogens is 346 g/mol. The van der Waals surface area contributed by atoms with Gasteiger partial charge in [0.1, 0.15) is 10.8 Å². The van der Waals surface area contributed by atoms with Crippen LogP contribution in [0.5, 0.6) is 0 Å². The number of nitrogens with zero attached hydrogens (tertiary/aromatic N) is 5. The lowest BCUT2D eigenvalue weighted by Crippen LogP contribution is -2.33. The van der Waals surface area contributed by atoms with Crippen molar-refractivity contribution in [2.75, 3.05) is 18.0 Å². The van der Waals surface area contributed by atoms with Crippen molar-refractivity contribution in [2.45, 2.75) is 38.0 Å². The van der Waals surface area contributed by atoms with E-state index >= 15 is 0 Å². The summed E-state index contributed by atoms with van der Waals surface area (Å²) in [4.78, 5) is 6.90. The molecule has 0 spiro atoms. The van der Waals surface area contributed by atoms with Crippen LogP contribution in [0.15, 0.2) is 36.7 Å². The summed E-state index contributed by atoms with van der Waals surface area (Å²) in [5.41, 5.74) is 3.06. The number of fused-ring (bicyclic) bond motifs is 1. The molecule has 0 radical (unpaired) electrons. The maximum absolute atomic E-state index is 6.72. The summed E-state index contributed by atoms with van der Waals surface area (Å²) < 4.78 is 2.06. The summed E-state index contributed by atoms with van der Waals surface area (Å²) in [6.45, 7) is 1.97. The molecule has 4 heterocycles. The highest BCUT2D eigenvalue weighted by atomic mass is 35.5. The van der Waals surface area contributed by atoms with Gasteiger partial charge in [-0.05, 0) is 49.8 Å². The Hall–Kier alpha value is -2.14. The molecule has 0 N–H and O–H groups in total. The average Bonchev–Trinajstić information content (AvgIpc) is 3.42. The molecule has 6 heteroatoms. The van der Waals surface area contributed by atoms with E-state index in [1.807, 2.05) is 12.3 Å². The van der Waals surface area contributed by atoms with Crippen LogP contribution < -0.4 is 4.90 Å². The fourth-order valence-corrected chi connectivity index (χ4v) is 4.27. The fourth-order valence-electron chi connectivity index (χ4n) is 3.96. The highest BCUT2D eigenvalue weighted by Crippen LogP contribution is 2.36. The third-order valence-electron chi connectivity index (χ3n) is 5.68. The molecule has 134 valence electrons. The molecule has 0 unspecified atom stereocenters. The van der Waals surface area contributed by atoms with Crippen LogP contribution in [0.1, 0.15) is 43.1 Å². The number of aromatic nitrogens is 4. The molecule has 3 aromatic heterocycles. The zero-order valence-electron chi connectivity index (χ0n) is 14.7. The van der Waals surface area contributed by atoms with Gasteiger partial charge in [0.05, 0.1) is 5.69 Å². The minimum absolute atomic E-state index is 0.535. The molecular formula is C20H22ClN5. The van der Waals surface area contributed by atoms with Crippen LogP contribution in [0.2, 0.25) is 5.02 Å². The molecule has 5 rings (SSSR count). The van der Waals surface area contributed by atoms with Crippen molar-refractivity contribution in [2.24, 2.45) is 5.92 Å². The van der Waals surface area contributed by atoms with Crippen LogP contribution in [0, 0.1) is 5.92 Å². The Balaban J connectivity index is 1.35. The summed E-state index contributed by atoms with van der Waals surface area (Å²) in [6, 6.07) is 8.31. The van der Waals surface area contributed by atoms with Crippen molar-refractivity contribution in [3.05, 3.63) is 53.2 Å². The number of anilines is 1. The fraction of sp³-hybridized carbons (Fsp3) is 0.450. The van der Waals surface area contributed by atoms with Crippen LogP contribution in [0.3, 0.4) is 0 Å².